The van der Waals surface area contributed by atoms with E-state index >= 15 is 0 Å². The van der Waals surface area contributed by atoms with Gasteiger partial charge in [0.2, 0.25) is 0 Å². The van der Waals surface area contributed by atoms with Gasteiger partial charge in [0.15, 0.2) is 26.8 Å². The standard InChI is InChI=1S/C17H26N2O6SSi/c1-9-7-19(15(21)18-13(9)20)14-12-11(24-16(26)25-12)10(23-14)8-22-27(5,6)17(2,3)4/h7,10-12,14H,8H2,1-6H3,(H,18,20,21)/t10-,11-,12-,14-/m1/s1. The summed E-state index contributed by atoms with van der Waals surface area (Å²) in [5.74, 6) is 0. The highest BCUT2D eigenvalue weighted by Gasteiger charge is 2.54. The van der Waals surface area contributed by atoms with Crippen molar-refractivity contribution in [3.8, 4) is 0 Å². The Morgan fingerprint density at radius 3 is 2.52 bits per heavy atom. The Morgan fingerprint density at radius 2 is 1.89 bits per heavy atom. The Kier molecular flexibility index (Phi) is 5.13. The van der Waals surface area contributed by atoms with Gasteiger partial charge < -0.3 is 18.6 Å². The van der Waals surface area contributed by atoms with E-state index in [-0.39, 0.29) is 10.3 Å². The molecule has 0 bridgehead atoms. The first kappa shape index (κ1) is 20.2. The lowest BCUT2D eigenvalue weighted by atomic mass is 10.1. The van der Waals surface area contributed by atoms with E-state index in [4.69, 9.17) is 30.9 Å². The number of nitrogens with one attached hydrogen (secondary N) is 1. The Hall–Kier alpha value is -1.49. The number of hydrogen-bond acceptors (Lipinski definition) is 7. The molecule has 10 heteroatoms. The molecule has 1 aromatic heterocycles. The first-order valence-corrected chi connectivity index (χ1v) is 12.2. The molecular weight excluding hydrogens is 388 g/mol. The van der Waals surface area contributed by atoms with Gasteiger partial charge in [-0.15, -0.1) is 0 Å². The van der Waals surface area contributed by atoms with Crippen molar-refractivity contribution in [2.45, 2.75) is 70.4 Å². The summed E-state index contributed by atoms with van der Waals surface area (Å²) in [5, 5.41) is 0.0875. The molecule has 0 radical (unpaired) electrons. The molecule has 2 aliphatic rings. The zero-order valence-corrected chi connectivity index (χ0v) is 18.2. The number of aromatic nitrogens is 2. The van der Waals surface area contributed by atoms with E-state index in [0.717, 1.165) is 0 Å². The van der Waals surface area contributed by atoms with Gasteiger partial charge in [-0.3, -0.25) is 14.3 Å². The van der Waals surface area contributed by atoms with Crippen molar-refractivity contribution in [1.29, 1.82) is 0 Å². The zero-order valence-electron chi connectivity index (χ0n) is 16.4. The minimum absolute atomic E-state index is 0.0322. The summed E-state index contributed by atoms with van der Waals surface area (Å²) >= 11 is 5.05. The normalized spacial score (nSPS) is 28.0. The number of ether oxygens (including phenoxy) is 3. The van der Waals surface area contributed by atoms with Crippen LogP contribution >= 0.6 is 12.2 Å². The van der Waals surface area contributed by atoms with Crippen LogP contribution in [0.5, 0.6) is 0 Å². The third-order valence-electron chi connectivity index (χ3n) is 5.58. The average Bonchev–Trinajstić information content (AvgIpc) is 3.06. The van der Waals surface area contributed by atoms with E-state index in [1.54, 1.807) is 6.92 Å². The number of aromatic amines is 1. The lowest BCUT2D eigenvalue weighted by Crippen LogP contribution is -2.44. The van der Waals surface area contributed by atoms with Crippen LogP contribution in [0.3, 0.4) is 0 Å². The van der Waals surface area contributed by atoms with E-state index in [2.05, 4.69) is 38.8 Å². The van der Waals surface area contributed by atoms with Gasteiger partial charge >= 0.3 is 10.9 Å². The van der Waals surface area contributed by atoms with Gasteiger partial charge in [0.05, 0.1) is 6.61 Å². The molecule has 0 unspecified atom stereocenters. The van der Waals surface area contributed by atoms with Gasteiger partial charge in [-0.05, 0) is 25.1 Å². The molecule has 0 aromatic carbocycles. The Bertz CT molecular complexity index is 858. The van der Waals surface area contributed by atoms with Crippen molar-refractivity contribution in [3.05, 3.63) is 32.6 Å². The predicted molar refractivity (Wildman–Crippen MR) is 105 cm³/mol. The molecule has 0 saturated carbocycles. The predicted octanol–water partition coefficient (Wildman–Crippen LogP) is 1.83. The van der Waals surface area contributed by atoms with Gasteiger partial charge in [-0.1, -0.05) is 20.8 Å². The van der Waals surface area contributed by atoms with E-state index in [0.29, 0.717) is 12.2 Å². The molecule has 1 N–H and O–H groups in total. The second-order valence-corrected chi connectivity index (χ2v) is 13.7. The summed E-state index contributed by atoms with van der Waals surface area (Å²) in [4.78, 5) is 26.2. The van der Waals surface area contributed by atoms with Crippen LogP contribution < -0.4 is 11.2 Å². The van der Waals surface area contributed by atoms with Crippen LogP contribution in [-0.2, 0) is 18.6 Å². The second kappa shape index (κ2) is 6.84. The molecule has 2 saturated heterocycles. The van der Waals surface area contributed by atoms with E-state index in [9.17, 15) is 9.59 Å². The van der Waals surface area contributed by atoms with Crippen LogP contribution in [0, 0.1) is 6.92 Å². The maximum atomic E-state index is 12.3. The number of aryl methyl sites for hydroxylation is 1. The van der Waals surface area contributed by atoms with E-state index in [1.165, 1.54) is 10.8 Å². The van der Waals surface area contributed by atoms with Crippen molar-refractivity contribution in [1.82, 2.24) is 9.55 Å². The lowest BCUT2D eigenvalue weighted by Gasteiger charge is -2.37. The maximum absolute atomic E-state index is 12.3. The highest BCUT2D eigenvalue weighted by atomic mass is 32.1. The van der Waals surface area contributed by atoms with Crippen LogP contribution in [-0.4, -0.2) is 48.0 Å². The van der Waals surface area contributed by atoms with Crippen molar-refractivity contribution in [2.24, 2.45) is 0 Å². The minimum atomic E-state index is -1.99. The molecule has 27 heavy (non-hydrogen) atoms. The van der Waals surface area contributed by atoms with E-state index < -0.39 is 44.1 Å². The van der Waals surface area contributed by atoms with Crippen molar-refractivity contribution >= 4 is 25.8 Å². The highest BCUT2D eigenvalue weighted by Crippen LogP contribution is 2.40. The molecule has 2 aliphatic heterocycles. The molecule has 0 amide bonds. The highest BCUT2D eigenvalue weighted by molar-refractivity contribution is 7.79. The molecule has 8 nitrogen and oxygen atoms in total. The molecule has 3 rings (SSSR count). The smallest absolute Gasteiger partial charge is 0.353 e. The van der Waals surface area contributed by atoms with Gasteiger partial charge in [-0.2, -0.15) is 0 Å². The number of hydrogen-bond donors (Lipinski definition) is 1. The van der Waals surface area contributed by atoms with Gasteiger partial charge in [-0.25, -0.2) is 4.79 Å². The number of rotatable bonds is 4. The fourth-order valence-corrected chi connectivity index (χ4v) is 4.10. The fraction of sp³-hybridized carbons (Fsp3) is 0.706. The van der Waals surface area contributed by atoms with Crippen LogP contribution in [0.4, 0.5) is 0 Å². The third kappa shape index (κ3) is 3.75. The summed E-state index contributed by atoms with van der Waals surface area (Å²) in [5.41, 5.74) is -0.596. The molecule has 0 spiro atoms. The Morgan fingerprint density at radius 1 is 1.26 bits per heavy atom. The zero-order chi connectivity index (χ0) is 20.1. The number of H-pyrrole nitrogens is 1. The summed E-state index contributed by atoms with van der Waals surface area (Å²) < 4.78 is 24.9. The first-order chi connectivity index (χ1) is 12.4. The molecule has 4 atom stereocenters. The number of fused-ring (bicyclic) bond motifs is 1. The number of nitrogens with zero attached hydrogens (tertiary/aromatic N) is 1. The van der Waals surface area contributed by atoms with Crippen molar-refractivity contribution in [3.63, 3.8) is 0 Å². The number of thiocarbonyl (C=S) groups is 1. The lowest BCUT2D eigenvalue weighted by molar-refractivity contribution is -0.0617. The summed E-state index contributed by atoms with van der Waals surface area (Å²) in [6.07, 6.45) is -0.773. The molecule has 2 fully saturated rings. The fourth-order valence-electron chi connectivity index (χ4n) is 2.87. The molecule has 3 heterocycles. The Labute approximate surface area is 163 Å². The molecule has 1 aromatic rings. The largest absolute Gasteiger partial charge is 0.447 e. The van der Waals surface area contributed by atoms with Crippen LogP contribution in [0.2, 0.25) is 18.1 Å². The van der Waals surface area contributed by atoms with Gasteiger partial charge in [0.25, 0.3) is 5.56 Å². The second-order valence-electron chi connectivity index (χ2n) is 8.53. The first-order valence-electron chi connectivity index (χ1n) is 8.89. The maximum Gasteiger partial charge on any atom is 0.353 e. The third-order valence-corrected chi connectivity index (χ3v) is 10.3. The quantitative estimate of drug-likeness (QED) is 0.594. The van der Waals surface area contributed by atoms with E-state index in [1.807, 2.05) is 0 Å². The van der Waals surface area contributed by atoms with Gasteiger partial charge in [0.1, 0.15) is 6.10 Å². The van der Waals surface area contributed by atoms with Crippen molar-refractivity contribution in [2.75, 3.05) is 6.61 Å². The molecule has 0 aliphatic carbocycles. The average molecular weight is 415 g/mol. The Balaban J connectivity index is 1.85. The summed E-state index contributed by atoms with van der Waals surface area (Å²) in [6, 6.07) is 0. The SMILES string of the molecule is Cc1cn([C@@H]2O[C@H](CO[Si](C)(C)C(C)(C)C)[C@H]3OC(=S)O[C@H]32)c(=O)[nH]c1=O. The van der Waals surface area contributed by atoms with Crippen LogP contribution in [0.15, 0.2) is 15.8 Å². The summed E-state index contributed by atoms with van der Waals surface area (Å²) in [7, 11) is -1.99. The van der Waals surface area contributed by atoms with Gasteiger partial charge in [0, 0.05) is 24.0 Å². The minimum Gasteiger partial charge on any atom is -0.447 e. The monoisotopic (exact) mass is 414 g/mol. The topological polar surface area (TPSA) is 91.8 Å². The summed E-state index contributed by atoms with van der Waals surface area (Å²) in [6.45, 7) is 12.7. The molecule has 150 valence electrons. The van der Waals surface area contributed by atoms with Crippen LogP contribution in [0.25, 0.3) is 0 Å². The van der Waals surface area contributed by atoms with Crippen molar-refractivity contribution < 1.29 is 18.6 Å². The van der Waals surface area contributed by atoms with Crippen LogP contribution in [0.1, 0.15) is 32.6 Å². The molecular formula is C17H26N2O6SSi.